The summed E-state index contributed by atoms with van der Waals surface area (Å²) in [4.78, 5) is 14.2. The third-order valence-corrected chi connectivity index (χ3v) is 4.25. The van der Waals surface area contributed by atoms with Gasteiger partial charge in [0, 0.05) is 30.7 Å². The Kier molecular flexibility index (Phi) is 3.49. The van der Waals surface area contributed by atoms with Crippen LogP contribution in [0.25, 0.3) is 10.9 Å². The van der Waals surface area contributed by atoms with Crippen LogP contribution >= 0.6 is 0 Å². The van der Waals surface area contributed by atoms with E-state index in [2.05, 4.69) is 6.07 Å². The van der Waals surface area contributed by atoms with Gasteiger partial charge in [-0.3, -0.25) is 4.79 Å². The molecule has 0 bridgehead atoms. The molecular formula is C16H20N2O2. The number of hydrogen-bond acceptors (Lipinski definition) is 2. The molecule has 0 saturated carbocycles. The third-order valence-electron chi connectivity index (χ3n) is 4.25. The number of aliphatic hydroxyl groups excluding tert-OH is 1. The molecule has 0 aliphatic carbocycles. The van der Waals surface area contributed by atoms with Crippen LogP contribution in [-0.4, -0.2) is 39.7 Å². The molecule has 3 rings (SSSR count). The highest BCUT2D eigenvalue weighted by atomic mass is 16.3. The average molecular weight is 272 g/mol. The van der Waals surface area contributed by atoms with E-state index in [0.717, 1.165) is 23.9 Å². The van der Waals surface area contributed by atoms with E-state index in [0.29, 0.717) is 13.1 Å². The minimum absolute atomic E-state index is 0.134. The first-order valence-corrected chi connectivity index (χ1v) is 7.15. The van der Waals surface area contributed by atoms with E-state index in [1.165, 1.54) is 0 Å². The Bertz CT molecular complexity index is 618. The molecular weight excluding hydrogens is 252 g/mol. The van der Waals surface area contributed by atoms with Crippen LogP contribution < -0.4 is 0 Å². The van der Waals surface area contributed by atoms with Crippen molar-refractivity contribution >= 4 is 16.8 Å². The van der Waals surface area contributed by atoms with Crippen LogP contribution in [0.15, 0.2) is 36.5 Å². The highest BCUT2D eigenvalue weighted by Gasteiger charge is 2.28. The van der Waals surface area contributed by atoms with Crippen molar-refractivity contribution in [2.24, 2.45) is 5.92 Å². The smallest absolute Gasteiger partial charge is 0.242 e. The third kappa shape index (κ3) is 2.43. The lowest BCUT2D eigenvalue weighted by atomic mass is 10.0. The topological polar surface area (TPSA) is 45.5 Å². The van der Waals surface area contributed by atoms with Gasteiger partial charge >= 0.3 is 0 Å². The number of nitrogens with zero attached hydrogens (tertiary/aromatic N) is 2. The van der Waals surface area contributed by atoms with Gasteiger partial charge in [0.15, 0.2) is 0 Å². The van der Waals surface area contributed by atoms with E-state index in [-0.39, 0.29) is 17.9 Å². The zero-order chi connectivity index (χ0) is 14.1. The van der Waals surface area contributed by atoms with Crippen molar-refractivity contribution < 1.29 is 9.90 Å². The number of carbonyl (C=O) groups excluding carboxylic acids is 1. The van der Waals surface area contributed by atoms with Crippen LogP contribution in [0.1, 0.15) is 13.3 Å². The number of hydrogen-bond donors (Lipinski definition) is 1. The molecule has 4 heteroatoms. The number of likely N-dealkylation sites (tertiary alicyclic amines) is 1. The number of rotatable bonds is 3. The average Bonchev–Trinajstić information content (AvgIpc) is 3.06. The molecule has 0 radical (unpaired) electrons. The molecule has 2 aromatic rings. The van der Waals surface area contributed by atoms with E-state index < -0.39 is 0 Å². The van der Waals surface area contributed by atoms with Gasteiger partial charge in [0.2, 0.25) is 5.91 Å². The number of aliphatic hydroxyl groups is 1. The van der Waals surface area contributed by atoms with Crippen LogP contribution in [0.5, 0.6) is 0 Å². The summed E-state index contributed by atoms with van der Waals surface area (Å²) in [6.45, 7) is 3.61. The Morgan fingerprint density at radius 3 is 2.95 bits per heavy atom. The molecule has 0 spiro atoms. The van der Waals surface area contributed by atoms with Crippen molar-refractivity contribution in [2.75, 3.05) is 13.1 Å². The molecule has 1 fully saturated rings. The molecule has 1 aliphatic rings. The van der Waals surface area contributed by atoms with E-state index >= 15 is 0 Å². The van der Waals surface area contributed by atoms with Gasteiger partial charge in [0.05, 0.1) is 6.10 Å². The van der Waals surface area contributed by atoms with Gasteiger partial charge in [-0.1, -0.05) is 18.2 Å². The first kappa shape index (κ1) is 13.2. The number of fused-ring (bicyclic) bond motifs is 1. The molecule has 1 saturated heterocycles. The first-order chi connectivity index (χ1) is 9.65. The van der Waals surface area contributed by atoms with Crippen molar-refractivity contribution in [3.8, 4) is 0 Å². The Morgan fingerprint density at radius 1 is 1.40 bits per heavy atom. The van der Waals surface area contributed by atoms with Crippen LogP contribution in [-0.2, 0) is 11.3 Å². The lowest BCUT2D eigenvalue weighted by Gasteiger charge is -2.18. The molecule has 1 amide bonds. The fourth-order valence-electron chi connectivity index (χ4n) is 2.93. The molecule has 2 heterocycles. The Labute approximate surface area is 118 Å². The highest BCUT2D eigenvalue weighted by Crippen LogP contribution is 2.21. The number of amides is 1. The minimum atomic E-state index is -0.333. The molecule has 2 unspecified atom stereocenters. The maximum absolute atomic E-state index is 12.3. The monoisotopic (exact) mass is 272 g/mol. The quantitative estimate of drug-likeness (QED) is 0.927. The number of benzene rings is 1. The summed E-state index contributed by atoms with van der Waals surface area (Å²) < 4.78 is 1.99. The van der Waals surface area contributed by atoms with Gasteiger partial charge in [0.25, 0.3) is 0 Å². The Morgan fingerprint density at radius 2 is 2.20 bits per heavy atom. The lowest BCUT2D eigenvalue weighted by molar-refractivity contribution is -0.130. The SMILES string of the molecule is CC(O)C1CCN(C(=O)Cn2ccc3ccccc32)C1. The summed E-state index contributed by atoms with van der Waals surface area (Å²) in [6.07, 6.45) is 2.53. The second kappa shape index (κ2) is 5.29. The zero-order valence-electron chi connectivity index (χ0n) is 11.7. The van der Waals surface area contributed by atoms with E-state index in [1.807, 2.05) is 39.9 Å². The summed E-state index contributed by atoms with van der Waals surface area (Å²) in [5.74, 6) is 0.356. The maximum Gasteiger partial charge on any atom is 0.242 e. The highest BCUT2D eigenvalue weighted by molar-refractivity contribution is 5.83. The summed E-state index contributed by atoms with van der Waals surface area (Å²) >= 11 is 0. The Hall–Kier alpha value is -1.81. The number of carbonyl (C=O) groups is 1. The molecule has 1 aromatic carbocycles. The maximum atomic E-state index is 12.3. The first-order valence-electron chi connectivity index (χ1n) is 7.15. The molecule has 1 aliphatic heterocycles. The van der Waals surface area contributed by atoms with Gasteiger partial charge in [-0.2, -0.15) is 0 Å². The zero-order valence-corrected chi connectivity index (χ0v) is 11.7. The molecule has 2 atom stereocenters. The van der Waals surface area contributed by atoms with Crippen molar-refractivity contribution in [2.45, 2.75) is 26.0 Å². The summed E-state index contributed by atoms with van der Waals surface area (Å²) in [5, 5.41) is 10.8. The van der Waals surface area contributed by atoms with E-state index in [9.17, 15) is 9.90 Å². The van der Waals surface area contributed by atoms with Crippen molar-refractivity contribution in [1.29, 1.82) is 0 Å². The van der Waals surface area contributed by atoms with Crippen molar-refractivity contribution in [3.05, 3.63) is 36.5 Å². The predicted octanol–water partition coefficient (Wildman–Crippen LogP) is 1.87. The van der Waals surface area contributed by atoms with Crippen molar-refractivity contribution in [3.63, 3.8) is 0 Å². The van der Waals surface area contributed by atoms with Gasteiger partial charge in [-0.25, -0.2) is 0 Å². The largest absolute Gasteiger partial charge is 0.393 e. The summed E-state index contributed by atoms with van der Waals surface area (Å²) in [7, 11) is 0. The minimum Gasteiger partial charge on any atom is -0.393 e. The fourth-order valence-corrected chi connectivity index (χ4v) is 2.93. The molecule has 106 valence electrons. The van der Waals surface area contributed by atoms with Crippen LogP contribution in [0.3, 0.4) is 0 Å². The molecule has 1 N–H and O–H groups in total. The normalized spacial score (nSPS) is 20.5. The number of aromatic nitrogens is 1. The van der Waals surface area contributed by atoms with Gasteiger partial charge in [0.1, 0.15) is 6.54 Å². The van der Waals surface area contributed by atoms with Crippen LogP contribution in [0, 0.1) is 5.92 Å². The second-order valence-electron chi connectivity index (χ2n) is 5.63. The van der Waals surface area contributed by atoms with E-state index in [4.69, 9.17) is 0 Å². The fraction of sp³-hybridized carbons (Fsp3) is 0.438. The predicted molar refractivity (Wildman–Crippen MR) is 78.3 cm³/mol. The summed E-state index contributed by atoms with van der Waals surface area (Å²) in [5.41, 5.74) is 1.09. The molecule has 1 aromatic heterocycles. The summed E-state index contributed by atoms with van der Waals surface area (Å²) in [6, 6.07) is 10.1. The van der Waals surface area contributed by atoms with Gasteiger partial charge < -0.3 is 14.6 Å². The molecule has 4 nitrogen and oxygen atoms in total. The van der Waals surface area contributed by atoms with Crippen molar-refractivity contribution in [1.82, 2.24) is 9.47 Å². The van der Waals surface area contributed by atoms with Crippen LogP contribution in [0.2, 0.25) is 0 Å². The lowest BCUT2D eigenvalue weighted by Crippen LogP contribution is -2.32. The van der Waals surface area contributed by atoms with Crippen LogP contribution in [0.4, 0.5) is 0 Å². The second-order valence-corrected chi connectivity index (χ2v) is 5.63. The molecule has 20 heavy (non-hydrogen) atoms. The van der Waals surface area contributed by atoms with Gasteiger partial charge in [-0.05, 0) is 30.9 Å². The van der Waals surface area contributed by atoms with Gasteiger partial charge in [-0.15, -0.1) is 0 Å². The van der Waals surface area contributed by atoms with E-state index in [1.54, 1.807) is 6.92 Å². The standard InChI is InChI=1S/C16H20N2O2/c1-12(19)14-7-9-18(10-14)16(20)11-17-8-6-13-4-2-3-5-15(13)17/h2-6,8,12,14,19H,7,9-11H2,1H3. The number of para-hydroxylation sites is 1. The Balaban J connectivity index is 1.70.